The molecule has 0 fully saturated rings. The van der Waals surface area contributed by atoms with Crippen LogP contribution >= 0.6 is 11.6 Å². The SMILES string of the molecule is CCNC(c1cc(Cl)cnc1N)c1occc1C. The van der Waals surface area contributed by atoms with Crippen LogP contribution in [0, 0.1) is 6.92 Å². The summed E-state index contributed by atoms with van der Waals surface area (Å²) in [4.78, 5) is 4.09. The van der Waals surface area contributed by atoms with Crippen molar-refractivity contribution in [1.29, 1.82) is 0 Å². The second kappa shape index (κ2) is 5.42. The molecule has 3 N–H and O–H groups in total. The van der Waals surface area contributed by atoms with E-state index < -0.39 is 0 Å². The molecule has 0 aliphatic rings. The summed E-state index contributed by atoms with van der Waals surface area (Å²) in [6.45, 7) is 4.81. The highest BCUT2D eigenvalue weighted by Crippen LogP contribution is 2.30. The van der Waals surface area contributed by atoms with Gasteiger partial charge in [-0.15, -0.1) is 0 Å². The van der Waals surface area contributed by atoms with Crippen molar-refractivity contribution in [3.05, 3.63) is 46.5 Å². The summed E-state index contributed by atoms with van der Waals surface area (Å²) in [5, 5.41) is 3.90. The minimum atomic E-state index is -0.129. The summed E-state index contributed by atoms with van der Waals surface area (Å²) in [5.41, 5.74) is 7.83. The average molecular weight is 266 g/mol. The molecular weight excluding hydrogens is 250 g/mol. The number of rotatable bonds is 4. The highest BCUT2D eigenvalue weighted by atomic mass is 35.5. The molecule has 0 bridgehead atoms. The van der Waals surface area contributed by atoms with Gasteiger partial charge in [0, 0.05) is 11.8 Å². The Balaban J connectivity index is 2.48. The van der Waals surface area contributed by atoms with Crippen LogP contribution in [-0.2, 0) is 0 Å². The normalized spacial score (nSPS) is 12.6. The zero-order valence-corrected chi connectivity index (χ0v) is 11.2. The van der Waals surface area contributed by atoms with Crippen LogP contribution in [0.25, 0.3) is 0 Å². The van der Waals surface area contributed by atoms with Crippen LogP contribution in [-0.4, -0.2) is 11.5 Å². The van der Waals surface area contributed by atoms with Gasteiger partial charge >= 0.3 is 0 Å². The smallest absolute Gasteiger partial charge is 0.128 e. The first-order chi connectivity index (χ1) is 8.63. The van der Waals surface area contributed by atoms with E-state index in [1.807, 2.05) is 26.0 Å². The number of nitrogens with zero attached hydrogens (tertiary/aromatic N) is 1. The lowest BCUT2D eigenvalue weighted by molar-refractivity contribution is 0.449. The molecule has 4 nitrogen and oxygen atoms in total. The van der Waals surface area contributed by atoms with E-state index in [9.17, 15) is 0 Å². The number of aryl methyl sites for hydroxylation is 1. The van der Waals surface area contributed by atoms with Gasteiger partial charge in [0.25, 0.3) is 0 Å². The van der Waals surface area contributed by atoms with E-state index in [-0.39, 0.29) is 6.04 Å². The molecule has 0 aromatic carbocycles. The Bertz CT molecular complexity index is 539. The molecule has 2 heterocycles. The standard InChI is InChI=1S/C13H16ClN3O/c1-3-16-11(12-8(2)4-5-18-12)10-6-9(14)7-17-13(10)15/h4-7,11,16H,3H2,1-2H3,(H2,15,17). The van der Waals surface area contributed by atoms with E-state index in [4.69, 9.17) is 21.8 Å². The number of nitrogen functional groups attached to an aromatic ring is 1. The predicted molar refractivity (Wildman–Crippen MR) is 72.6 cm³/mol. The Morgan fingerprint density at radius 1 is 1.56 bits per heavy atom. The van der Waals surface area contributed by atoms with E-state index in [1.165, 1.54) is 0 Å². The number of hydrogen-bond donors (Lipinski definition) is 2. The van der Waals surface area contributed by atoms with E-state index in [0.29, 0.717) is 10.8 Å². The second-order valence-corrected chi connectivity index (χ2v) is 4.52. The minimum absolute atomic E-state index is 0.129. The second-order valence-electron chi connectivity index (χ2n) is 4.09. The van der Waals surface area contributed by atoms with Gasteiger partial charge < -0.3 is 15.5 Å². The highest BCUT2D eigenvalue weighted by molar-refractivity contribution is 6.30. The first-order valence-electron chi connectivity index (χ1n) is 5.81. The highest BCUT2D eigenvalue weighted by Gasteiger charge is 2.21. The van der Waals surface area contributed by atoms with Crippen LogP contribution in [0.5, 0.6) is 0 Å². The molecule has 5 heteroatoms. The largest absolute Gasteiger partial charge is 0.467 e. The Morgan fingerprint density at radius 3 is 2.94 bits per heavy atom. The molecule has 0 spiro atoms. The Morgan fingerprint density at radius 2 is 2.33 bits per heavy atom. The molecule has 2 aromatic heterocycles. The third kappa shape index (κ3) is 2.49. The summed E-state index contributed by atoms with van der Waals surface area (Å²) in [6, 6.07) is 3.61. The predicted octanol–water partition coefficient (Wildman–Crippen LogP) is 2.92. The van der Waals surface area contributed by atoms with Crippen molar-refractivity contribution >= 4 is 17.4 Å². The van der Waals surface area contributed by atoms with Crippen LogP contribution in [0.15, 0.2) is 29.0 Å². The maximum Gasteiger partial charge on any atom is 0.128 e. The van der Waals surface area contributed by atoms with E-state index in [0.717, 1.165) is 23.4 Å². The van der Waals surface area contributed by atoms with Gasteiger partial charge in [0.2, 0.25) is 0 Å². The molecule has 1 unspecified atom stereocenters. The van der Waals surface area contributed by atoms with E-state index in [2.05, 4.69) is 10.3 Å². The fourth-order valence-corrected chi connectivity index (χ4v) is 2.09. The van der Waals surface area contributed by atoms with Gasteiger partial charge in [0.05, 0.1) is 17.3 Å². The summed E-state index contributed by atoms with van der Waals surface area (Å²) < 4.78 is 5.54. The van der Waals surface area contributed by atoms with Gasteiger partial charge in [-0.1, -0.05) is 18.5 Å². The lowest BCUT2D eigenvalue weighted by atomic mass is 10.0. The molecule has 18 heavy (non-hydrogen) atoms. The van der Waals surface area contributed by atoms with Gasteiger partial charge in [0.1, 0.15) is 11.6 Å². The van der Waals surface area contributed by atoms with Crippen LogP contribution < -0.4 is 11.1 Å². The van der Waals surface area contributed by atoms with Gasteiger partial charge in [0.15, 0.2) is 0 Å². The Kier molecular flexibility index (Phi) is 3.89. The van der Waals surface area contributed by atoms with Gasteiger partial charge in [-0.2, -0.15) is 0 Å². The van der Waals surface area contributed by atoms with E-state index in [1.54, 1.807) is 12.5 Å². The van der Waals surface area contributed by atoms with Gasteiger partial charge in [-0.3, -0.25) is 0 Å². The lowest BCUT2D eigenvalue weighted by Gasteiger charge is -2.18. The number of aromatic nitrogens is 1. The van der Waals surface area contributed by atoms with Crippen molar-refractivity contribution in [2.45, 2.75) is 19.9 Å². The van der Waals surface area contributed by atoms with E-state index >= 15 is 0 Å². The fraction of sp³-hybridized carbons (Fsp3) is 0.308. The fourth-order valence-electron chi connectivity index (χ4n) is 1.92. The number of nitrogens with two attached hydrogens (primary N) is 1. The van der Waals surface area contributed by atoms with Crippen molar-refractivity contribution in [3.8, 4) is 0 Å². The Labute approximate surface area is 111 Å². The number of hydrogen-bond acceptors (Lipinski definition) is 4. The Hall–Kier alpha value is -1.52. The number of pyridine rings is 1. The van der Waals surface area contributed by atoms with Crippen molar-refractivity contribution in [2.75, 3.05) is 12.3 Å². The van der Waals surface area contributed by atoms with Crippen molar-refractivity contribution < 1.29 is 4.42 Å². The zero-order chi connectivity index (χ0) is 13.1. The number of furan rings is 1. The lowest BCUT2D eigenvalue weighted by Crippen LogP contribution is -2.23. The molecule has 96 valence electrons. The number of nitrogens with one attached hydrogen (secondary N) is 1. The van der Waals surface area contributed by atoms with Crippen molar-refractivity contribution in [1.82, 2.24) is 10.3 Å². The topological polar surface area (TPSA) is 64.1 Å². The first-order valence-corrected chi connectivity index (χ1v) is 6.19. The summed E-state index contributed by atoms with van der Waals surface area (Å²) in [5.74, 6) is 1.30. The third-order valence-electron chi connectivity index (χ3n) is 2.80. The molecule has 0 saturated carbocycles. The first kappa shape index (κ1) is 12.9. The van der Waals surface area contributed by atoms with Crippen molar-refractivity contribution in [2.24, 2.45) is 0 Å². The van der Waals surface area contributed by atoms with Crippen LogP contribution in [0.2, 0.25) is 5.02 Å². The molecule has 0 aliphatic heterocycles. The molecule has 2 rings (SSSR count). The van der Waals surface area contributed by atoms with Gasteiger partial charge in [-0.25, -0.2) is 4.98 Å². The van der Waals surface area contributed by atoms with Crippen molar-refractivity contribution in [3.63, 3.8) is 0 Å². The van der Waals surface area contributed by atoms with Gasteiger partial charge in [-0.05, 0) is 31.2 Å². The average Bonchev–Trinajstić information content (AvgIpc) is 2.76. The van der Waals surface area contributed by atoms with Crippen LogP contribution in [0.4, 0.5) is 5.82 Å². The number of halogens is 1. The molecular formula is C13H16ClN3O. The third-order valence-corrected chi connectivity index (χ3v) is 3.01. The minimum Gasteiger partial charge on any atom is -0.467 e. The molecule has 1 atom stereocenters. The molecule has 0 amide bonds. The monoisotopic (exact) mass is 265 g/mol. The zero-order valence-electron chi connectivity index (χ0n) is 10.4. The van der Waals surface area contributed by atoms with Crippen LogP contribution in [0.3, 0.4) is 0 Å². The maximum atomic E-state index is 5.99. The summed E-state index contributed by atoms with van der Waals surface area (Å²) in [7, 11) is 0. The van der Waals surface area contributed by atoms with Crippen LogP contribution in [0.1, 0.15) is 29.9 Å². The maximum absolute atomic E-state index is 5.99. The molecule has 0 saturated heterocycles. The summed E-state index contributed by atoms with van der Waals surface area (Å²) >= 11 is 5.99. The molecule has 2 aromatic rings. The molecule has 0 aliphatic carbocycles. The summed E-state index contributed by atoms with van der Waals surface area (Å²) in [6.07, 6.45) is 3.21. The quantitative estimate of drug-likeness (QED) is 0.892. The molecule has 0 radical (unpaired) electrons. The number of anilines is 1.